The Bertz CT molecular complexity index is 407. The van der Waals surface area contributed by atoms with Crippen LogP contribution in [0.5, 0.6) is 0 Å². The molecule has 2 atom stereocenters. The summed E-state index contributed by atoms with van der Waals surface area (Å²) in [5.41, 5.74) is -0.778. The van der Waals surface area contributed by atoms with Crippen LogP contribution in [0, 0.1) is 16.7 Å². The summed E-state index contributed by atoms with van der Waals surface area (Å²) in [6.45, 7) is 0. The van der Waals surface area contributed by atoms with E-state index in [1.807, 2.05) is 4.90 Å². The number of carbonyl (C=O) groups excluding carboxylic acids is 1. The first-order valence-electron chi connectivity index (χ1n) is 8.08. The van der Waals surface area contributed by atoms with E-state index in [2.05, 4.69) is 6.07 Å². The molecule has 3 rings (SSSR count). The molecule has 1 saturated carbocycles. The molecule has 0 spiro atoms. The highest BCUT2D eigenvalue weighted by molar-refractivity contribution is 5.86. The summed E-state index contributed by atoms with van der Waals surface area (Å²) >= 11 is 0. The fourth-order valence-corrected chi connectivity index (χ4v) is 4.43. The number of hydrogen-bond acceptors (Lipinski definition) is 3. The fraction of sp³-hybridized carbons (Fsp3) is 0.875. The monoisotopic (exact) mass is 276 g/mol. The number of fused-ring (bicyclic) bond motifs is 2. The lowest BCUT2D eigenvalue weighted by Gasteiger charge is -2.41. The third kappa shape index (κ3) is 2.22. The van der Waals surface area contributed by atoms with Crippen LogP contribution in [0.2, 0.25) is 0 Å². The van der Waals surface area contributed by atoms with Crippen LogP contribution >= 0.6 is 0 Å². The molecule has 0 aromatic carbocycles. The van der Waals surface area contributed by atoms with Crippen molar-refractivity contribution in [3.8, 4) is 6.07 Å². The highest BCUT2D eigenvalue weighted by Gasteiger charge is 2.50. The van der Waals surface area contributed by atoms with Crippen molar-refractivity contribution in [1.82, 2.24) is 4.90 Å². The smallest absolute Gasteiger partial charge is 0.243 e. The average Bonchev–Trinajstić information content (AvgIpc) is 2.64. The Morgan fingerprint density at radius 1 is 1.10 bits per heavy atom. The van der Waals surface area contributed by atoms with E-state index in [0.29, 0.717) is 12.8 Å². The summed E-state index contributed by atoms with van der Waals surface area (Å²) < 4.78 is 0. The lowest BCUT2D eigenvalue weighted by molar-refractivity contribution is -0.146. The molecule has 1 N–H and O–H groups in total. The zero-order valence-electron chi connectivity index (χ0n) is 12.1. The number of aliphatic hydroxyl groups excluding tert-OH is 1. The summed E-state index contributed by atoms with van der Waals surface area (Å²) in [5, 5.41) is 19.5. The Labute approximate surface area is 120 Å². The molecule has 0 radical (unpaired) electrons. The molecule has 2 saturated heterocycles. The second-order valence-electron chi connectivity index (χ2n) is 6.83. The van der Waals surface area contributed by atoms with E-state index < -0.39 is 5.41 Å². The average molecular weight is 276 g/mol. The number of aliphatic hydroxyl groups is 1. The second kappa shape index (κ2) is 5.37. The molecule has 4 heteroatoms. The van der Waals surface area contributed by atoms with Crippen molar-refractivity contribution in [3.63, 3.8) is 0 Å². The fourth-order valence-electron chi connectivity index (χ4n) is 4.43. The molecule has 3 aliphatic rings. The van der Waals surface area contributed by atoms with Crippen molar-refractivity contribution in [2.45, 2.75) is 82.4 Å². The van der Waals surface area contributed by atoms with Crippen molar-refractivity contribution >= 4 is 5.91 Å². The summed E-state index contributed by atoms with van der Waals surface area (Å²) in [4.78, 5) is 15.0. The molecule has 1 aliphatic carbocycles. The number of nitrogens with zero attached hydrogens (tertiary/aromatic N) is 2. The van der Waals surface area contributed by atoms with Gasteiger partial charge in [-0.25, -0.2) is 0 Å². The minimum atomic E-state index is -0.778. The lowest BCUT2D eigenvalue weighted by Crippen LogP contribution is -2.53. The van der Waals surface area contributed by atoms with Gasteiger partial charge in [-0.05, 0) is 38.5 Å². The number of piperidine rings is 1. The Balaban J connectivity index is 1.82. The molecule has 0 aromatic rings. The van der Waals surface area contributed by atoms with E-state index in [1.54, 1.807) is 0 Å². The molecule has 3 fully saturated rings. The highest BCUT2D eigenvalue weighted by atomic mass is 16.3. The van der Waals surface area contributed by atoms with Crippen molar-refractivity contribution in [1.29, 1.82) is 5.26 Å². The Kier molecular flexibility index (Phi) is 3.72. The Morgan fingerprint density at radius 2 is 1.65 bits per heavy atom. The van der Waals surface area contributed by atoms with Gasteiger partial charge in [-0.1, -0.05) is 25.7 Å². The van der Waals surface area contributed by atoms with Crippen LogP contribution in [-0.4, -0.2) is 34.1 Å². The molecular formula is C16H24N2O2. The van der Waals surface area contributed by atoms with Crippen molar-refractivity contribution in [2.75, 3.05) is 0 Å². The summed E-state index contributed by atoms with van der Waals surface area (Å²) in [6.07, 6.45) is 8.84. The van der Waals surface area contributed by atoms with Gasteiger partial charge in [-0.3, -0.25) is 4.79 Å². The molecule has 4 nitrogen and oxygen atoms in total. The first-order valence-corrected chi connectivity index (χ1v) is 8.08. The van der Waals surface area contributed by atoms with E-state index in [-0.39, 0.29) is 24.1 Å². The normalized spacial score (nSPS) is 36.2. The predicted octanol–water partition coefficient (Wildman–Crippen LogP) is 2.36. The van der Waals surface area contributed by atoms with E-state index in [1.165, 1.54) is 0 Å². The van der Waals surface area contributed by atoms with Gasteiger partial charge in [-0.15, -0.1) is 0 Å². The van der Waals surface area contributed by atoms with Crippen LogP contribution in [0.1, 0.15) is 64.2 Å². The molecule has 2 bridgehead atoms. The molecule has 0 aromatic heterocycles. The third-order valence-electron chi connectivity index (χ3n) is 5.52. The van der Waals surface area contributed by atoms with Gasteiger partial charge in [0, 0.05) is 12.1 Å². The lowest BCUT2D eigenvalue weighted by atomic mass is 9.79. The van der Waals surface area contributed by atoms with Crippen molar-refractivity contribution in [3.05, 3.63) is 0 Å². The maximum absolute atomic E-state index is 13.0. The van der Waals surface area contributed by atoms with Gasteiger partial charge in [0.15, 0.2) is 0 Å². The standard InChI is InChI=1S/C16H24N2O2/c17-11-16(7-3-1-2-4-8-16)15(20)18-12-5-6-13(18)10-14(19)9-12/h12-14,19H,1-10H2. The highest BCUT2D eigenvalue weighted by Crippen LogP contribution is 2.42. The van der Waals surface area contributed by atoms with Gasteiger partial charge < -0.3 is 10.0 Å². The van der Waals surface area contributed by atoms with Crippen LogP contribution in [0.15, 0.2) is 0 Å². The van der Waals surface area contributed by atoms with Crippen LogP contribution in [-0.2, 0) is 4.79 Å². The van der Waals surface area contributed by atoms with Crippen LogP contribution < -0.4 is 0 Å². The van der Waals surface area contributed by atoms with Gasteiger partial charge in [0.1, 0.15) is 5.41 Å². The summed E-state index contributed by atoms with van der Waals surface area (Å²) in [5.74, 6) is 0.0706. The molecule has 20 heavy (non-hydrogen) atoms. The number of nitriles is 1. The van der Waals surface area contributed by atoms with Gasteiger partial charge in [0.25, 0.3) is 0 Å². The van der Waals surface area contributed by atoms with E-state index in [4.69, 9.17) is 0 Å². The zero-order valence-corrected chi connectivity index (χ0v) is 12.1. The second-order valence-corrected chi connectivity index (χ2v) is 6.83. The Morgan fingerprint density at radius 3 is 2.15 bits per heavy atom. The number of rotatable bonds is 1. The topological polar surface area (TPSA) is 64.3 Å². The summed E-state index contributed by atoms with van der Waals surface area (Å²) in [6, 6.07) is 2.72. The quantitative estimate of drug-likeness (QED) is 0.748. The molecular weight excluding hydrogens is 252 g/mol. The van der Waals surface area contributed by atoms with Crippen molar-refractivity contribution in [2.24, 2.45) is 5.41 Å². The van der Waals surface area contributed by atoms with E-state index in [9.17, 15) is 15.2 Å². The molecule has 1 amide bonds. The largest absolute Gasteiger partial charge is 0.393 e. The number of carbonyl (C=O) groups is 1. The molecule has 2 heterocycles. The van der Waals surface area contributed by atoms with Gasteiger partial charge in [-0.2, -0.15) is 5.26 Å². The minimum Gasteiger partial charge on any atom is -0.393 e. The van der Waals surface area contributed by atoms with Gasteiger partial charge >= 0.3 is 0 Å². The number of amides is 1. The van der Waals surface area contributed by atoms with Gasteiger partial charge in [0.05, 0.1) is 12.2 Å². The SMILES string of the molecule is N#CC1(C(=O)N2C3CCC2CC(O)C3)CCCCCC1. The molecule has 110 valence electrons. The van der Waals surface area contributed by atoms with Gasteiger partial charge in [0.2, 0.25) is 5.91 Å². The van der Waals surface area contributed by atoms with Crippen LogP contribution in [0.3, 0.4) is 0 Å². The van der Waals surface area contributed by atoms with E-state index >= 15 is 0 Å². The summed E-state index contributed by atoms with van der Waals surface area (Å²) in [7, 11) is 0. The molecule has 2 aliphatic heterocycles. The van der Waals surface area contributed by atoms with Crippen LogP contribution in [0.4, 0.5) is 0 Å². The zero-order chi connectivity index (χ0) is 14.2. The van der Waals surface area contributed by atoms with E-state index in [0.717, 1.165) is 51.4 Å². The van der Waals surface area contributed by atoms with Crippen molar-refractivity contribution < 1.29 is 9.90 Å². The number of hydrogen-bond donors (Lipinski definition) is 1. The first-order chi connectivity index (χ1) is 9.66. The maximum atomic E-state index is 13.0. The molecule has 2 unspecified atom stereocenters. The minimum absolute atomic E-state index is 0.0706. The third-order valence-corrected chi connectivity index (χ3v) is 5.52. The Hall–Kier alpha value is -1.08. The predicted molar refractivity (Wildman–Crippen MR) is 74.6 cm³/mol. The maximum Gasteiger partial charge on any atom is 0.243 e. The van der Waals surface area contributed by atoms with Crippen LogP contribution in [0.25, 0.3) is 0 Å². The first kappa shape index (κ1) is 13.9.